The number of rotatable bonds is 7. The first-order chi connectivity index (χ1) is 12.2. The molecule has 1 heterocycles. The molecule has 130 valence electrons. The van der Waals surface area contributed by atoms with E-state index < -0.39 is 0 Å². The summed E-state index contributed by atoms with van der Waals surface area (Å²) in [4.78, 5) is 0. The van der Waals surface area contributed by atoms with Gasteiger partial charge in [-0.3, -0.25) is 0 Å². The lowest BCUT2D eigenvalue weighted by Gasteiger charge is -2.14. The first-order valence-corrected chi connectivity index (χ1v) is 8.31. The molecule has 0 saturated heterocycles. The van der Waals surface area contributed by atoms with Crippen LogP contribution in [0.4, 0.5) is 0 Å². The second-order valence-electron chi connectivity index (χ2n) is 5.96. The highest BCUT2D eigenvalue weighted by Crippen LogP contribution is 2.16. The molecule has 0 aliphatic rings. The predicted molar refractivity (Wildman–Crippen MR) is 97.7 cm³/mol. The quantitative estimate of drug-likeness (QED) is 0.695. The summed E-state index contributed by atoms with van der Waals surface area (Å²) in [5.74, 6) is 0.830. The topological polar surface area (TPSA) is 59.3 Å². The molecule has 25 heavy (non-hydrogen) atoms. The molecule has 0 radical (unpaired) electrons. The van der Waals surface area contributed by atoms with Gasteiger partial charge in [0.05, 0.1) is 25.1 Å². The molecule has 1 unspecified atom stereocenters. The van der Waals surface area contributed by atoms with Crippen molar-refractivity contribution in [3.8, 4) is 11.4 Å². The lowest BCUT2D eigenvalue weighted by Crippen LogP contribution is -2.18. The van der Waals surface area contributed by atoms with E-state index in [0.717, 1.165) is 28.3 Å². The van der Waals surface area contributed by atoms with E-state index in [1.54, 1.807) is 7.11 Å². The second-order valence-corrected chi connectivity index (χ2v) is 5.96. The van der Waals surface area contributed by atoms with Crippen LogP contribution < -0.4 is 10.1 Å². The maximum Gasteiger partial charge on any atom is 0.119 e. The molecule has 2 aromatic carbocycles. The van der Waals surface area contributed by atoms with Crippen molar-refractivity contribution in [2.24, 2.45) is 0 Å². The minimum absolute atomic E-state index is 0.0623. The van der Waals surface area contributed by atoms with Gasteiger partial charge in [0.15, 0.2) is 0 Å². The van der Waals surface area contributed by atoms with Crippen molar-refractivity contribution in [3.63, 3.8) is 0 Å². The lowest BCUT2D eigenvalue weighted by atomic mass is 10.1. The van der Waals surface area contributed by atoms with Crippen molar-refractivity contribution < 1.29 is 9.84 Å². The summed E-state index contributed by atoms with van der Waals surface area (Å²) in [5.41, 5.74) is 4.05. The molecule has 5 nitrogen and oxygen atoms in total. The van der Waals surface area contributed by atoms with Crippen LogP contribution in [-0.4, -0.2) is 22.0 Å². The number of ether oxygens (including phenoxy) is 1. The maximum absolute atomic E-state index is 9.25. The monoisotopic (exact) mass is 337 g/mol. The van der Waals surface area contributed by atoms with Crippen LogP contribution in [0.3, 0.4) is 0 Å². The third kappa shape index (κ3) is 4.26. The van der Waals surface area contributed by atoms with Crippen molar-refractivity contribution in [2.45, 2.75) is 26.1 Å². The molecule has 0 bridgehead atoms. The van der Waals surface area contributed by atoms with E-state index >= 15 is 0 Å². The molecule has 1 aromatic heterocycles. The van der Waals surface area contributed by atoms with Gasteiger partial charge in [0.2, 0.25) is 0 Å². The third-order valence-electron chi connectivity index (χ3n) is 4.20. The average molecular weight is 337 g/mol. The number of aromatic nitrogens is 2. The molecular weight excluding hydrogens is 314 g/mol. The Bertz CT molecular complexity index is 812. The summed E-state index contributed by atoms with van der Waals surface area (Å²) in [5, 5.41) is 17.3. The van der Waals surface area contributed by atoms with Crippen LogP contribution in [0, 0.1) is 0 Å². The summed E-state index contributed by atoms with van der Waals surface area (Å²) < 4.78 is 7.03. The summed E-state index contributed by atoms with van der Waals surface area (Å²) >= 11 is 0. The van der Waals surface area contributed by atoms with Crippen LogP contribution in [0.15, 0.2) is 60.8 Å². The standard InChI is InChI=1S/C20H23N3O2/c1-15(17-5-3-4-16(12-17)14-24)21-13-18-10-11-23(22-18)19-6-8-20(25-2)9-7-19/h3-12,15,21,24H,13-14H2,1-2H3. The number of nitrogens with zero attached hydrogens (tertiary/aromatic N) is 2. The van der Waals surface area contributed by atoms with Gasteiger partial charge in [0.1, 0.15) is 5.75 Å². The van der Waals surface area contributed by atoms with E-state index in [9.17, 15) is 5.11 Å². The summed E-state index contributed by atoms with van der Waals surface area (Å²) in [6, 6.07) is 18.0. The maximum atomic E-state index is 9.25. The molecule has 0 spiro atoms. The molecule has 0 fully saturated rings. The molecule has 3 rings (SSSR count). The number of hydrogen-bond acceptors (Lipinski definition) is 4. The first-order valence-electron chi connectivity index (χ1n) is 8.31. The minimum Gasteiger partial charge on any atom is -0.497 e. The molecule has 1 atom stereocenters. The minimum atomic E-state index is 0.0623. The van der Waals surface area contributed by atoms with E-state index in [-0.39, 0.29) is 12.6 Å². The molecule has 0 aliphatic heterocycles. The molecule has 0 amide bonds. The van der Waals surface area contributed by atoms with Crippen LogP contribution >= 0.6 is 0 Å². The number of aliphatic hydroxyl groups excluding tert-OH is 1. The fourth-order valence-corrected chi connectivity index (χ4v) is 2.67. The zero-order valence-electron chi connectivity index (χ0n) is 14.5. The van der Waals surface area contributed by atoms with Crippen LogP contribution in [-0.2, 0) is 13.2 Å². The first kappa shape index (κ1) is 17.2. The number of hydrogen-bond donors (Lipinski definition) is 2. The Kier molecular flexibility index (Phi) is 5.48. The SMILES string of the molecule is COc1ccc(-n2ccc(CNC(C)c3cccc(CO)c3)n2)cc1. The van der Waals surface area contributed by atoms with Gasteiger partial charge < -0.3 is 15.2 Å². The predicted octanol–water partition coefficient (Wildman–Crippen LogP) is 3.22. The van der Waals surface area contributed by atoms with Crippen LogP contribution in [0.1, 0.15) is 29.8 Å². The third-order valence-corrected chi connectivity index (χ3v) is 4.20. The van der Waals surface area contributed by atoms with E-state index in [2.05, 4.69) is 23.4 Å². The van der Waals surface area contributed by atoms with Gasteiger partial charge in [0.25, 0.3) is 0 Å². The van der Waals surface area contributed by atoms with Gasteiger partial charge >= 0.3 is 0 Å². The Balaban J connectivity index is 1.62. The normalized spacial score (nSPS) is 12.1. The van der Waals surface area contributed by atoms with Crippen molar-refractivity contribution >= 4 is 0 Å². The number of aliphatic hydroxyl groups is 1. The highest BCUT2D eigenvalue weighted by atomic mass is 16.5. The van der Waals surface area contributed by atoms with E-state index in [0.29, 0.717) is 6.54 Å². The van der Waals surface area contributed by atoms with E-state index in [1.807, 2.05) is 59.4 Å². The van der Waals surface area contributed by atoms with Crippen LogP contribution in [0.5, 0.6) is 5.75 Å². The Hall–Kier alpha value is -2.63. The Morgan fingerprint density at radius 3 is 2.68 bits per heavy atom. The number of nitrogens with one attached hydrogen (secondary N) is 1. The molecule has 0 saturated carbocycles. The fourth-order valence-electron chi connectivity index (χ4n) is 2.67. The van der Waals surface area contributed by atoms with Gasteiger partial charge in [-0.25, -0.2) is 4.68 Å². The van der Waals surface area contributed by atoms with Crippen molar-refractivity contribution in [1.29, 1.82) is 0 Å². The molecular formula is C20H23N3O2. The van der Waals surface area contributed by atoms with Gasteiger partial charge in [0, 0.05) is 18.8 Å². The Labute approximate surface area is 147 Å². The smallest absolute Gasteiger partial charge is 0.119 e. The zero-order chi connectivity index (χ0) is 17.6. The van der Waals surface area contributed by atoms with E-state index in [4.69, 9.17) is 4.74 Å². The summed E-state index contributed by atoms with van der Waals surface area (Å²) in [6.45, 7) is 2.84. The molecule has 2 N–H and O–H groups in total. The van der Waals surface area contributed by atoms with E-state index in [1.165, 1.54) is 0 Å². The van der Waals surface area contributed by atoms with Crippen molar-refractivity contribution in [1.82, 2.24) is 15.1 Å². The van der Waals surface area contributed by atoms with Gasteiger partial charge in [-0.1, -0.05) is 24.3 Å². The Morgan fingerprint density at radius 2 is 1.96 bits per heavy atom. The average Bonchev–Trinajstić information content (AvgIpc) is 3.15. The number of methoxy groups -OCH3 is 1. The van der Waals surface area contributed by atoms with Crippen molar-refractivity contribution in [3.05, 3.63) is 77.6 Å². The molecule has 5 heteroatoms. The highest BCUT2D eigenvalue weighted by molar-refractivity contribution is 5.36. The van der Waals surface area contributed by atoms with Gasteiger partial charge in [-0.15, -0.1) is 0 Å². The second kappa shape index (κ2) is 7.96. The largest absolute Gasteiger partial charge is 0.497 e. The highest BCUT2D eigenvalue weighted by Gasteiger charge is 2.07. The van der Waals surface area contributed by atoms with Crippen LogP contribution in [0.2, 0.25) is 0 Å². The van der Waals surface area contributed by atoms with Crippen molar-refractivity contribution in [2.75, 3.05) is 7.11 Å². The van der Waals surface area contributed by atoms with Crippen LogP contribution in [0.25, 0.3) is 5.69 Å². The van der Waals surface area contributed by atoms with Gasteiger partial charge in [-0.2, -0.15) is 5.10 Å². The zero-order valence-corrected chi connectivity index (χ0v) is 14.5. The Morgan fingerprint density at radius 1 is 1.16 bits per heavy atom. The van der Waals surface area contributed by atoms with Gasteiger partial charge in [-0.05, 0) is 48.4 Å². The lowest BCUT2D eigenvalue weighted by molar-refractivity contribution is 0.281. The summed E-state index contributed by atoms with van der Waals surface area (Å²) in [7, 11) is 1.66. The number of benzene rings is 2. The molecule has 0 aliphatic carbocycles. The molecule has 3 aromatic rings. The summed E-state index contributed by atoms with van der Waals surface area (Å²) in [6.07, 6.45) is 1.95. The fraction of sp³-hybridized carbons (Fsp3) is 0.250.